The van der Waals surface area contributed by atoms with Gasteiger partial charge in [-0.2, -0.15) is 18.5 Å². The van der Waals surface area contributed by atoms with Crippen molar-refractivity contribution in [1.82, 2.24) is 35.1 Å². The summed E-state index contributed by atoms with van der Waals surface area (Å²) in [4.78, 5) is 20.3. The summed E-state index contributed by atoms with van der Waals surface area (Å²) in [7, 11) is -0.125. The fourth-order valence-corrected chi connectivity index (χ4v) is 3.66. The van der Waals surface area contributed by atoms with Crippen LogP contribution in [0, 0.1) is 6.92 Å². The molecule has 0 aliphatic carbocycles. The van der Waals surface area contributed by atoms with E-state index in [1.165, 1.54) is 38.5 Å². The molecule has 0 radical (unpaired) electrons. The van der Waals surface area contributed by atoms with E-state index < -0.39 is 16.1 Å². The van der Waals surface area contributed by atoms with Gasteiger partial charge in [0.25, 0.3) is 10.0 Å². The van der Waals surface area contributed by atoms with Crippen molar-refractivity contribution in [1.29, 1.82) is 0 Å². The first-order valence-electron chi connectivity index (χ1n) is 8.03. The van der Waals surface area contributed by atoms with Crippen molar-refractivity contribution in [2.45, 2.75) is 11.9 Å². The largest absolute Gasteiger partial charge is 0.481 e. The number of hydrogen-bond donors (Lipinski definition) is 2. The van der Waals surface area contributed by atoms with Gasteiger partial charge >= 0.3 is 6.03 Å². The molecule has 0 saturated heterocycles. The van der Waals surface area contributed by atoms with Crippen LogP contribution in [0.1, 0.15) is 5.89 Å². The molecule has 0 unspecified atom stereocenters. The van der Waals surface area contributed by atoms with Gasteiger partial charge in [0.05, 0.1) is 32.1 Å². The first-order chi connectivity index (χ1) is 13.7. The standard InChI is InChI=1S/C14H18N8O6S/c1-8-17-12(19-28-8)9-6-16-21(2)13(9)29(24,25)20-14(23)18-22-7-15-10(26-3)5-11(22)27-4/h5-6H,7H2,1-4H3,(H2,18,20,23). The zero-order chi connectivity index (χ0) is 21.2. The van der Waals surface area contributed by atoms with Crippen molar-refractivity contribution in [3.8, 4) is 11.4 Å². The van der Waals surface area contributed by atoms with Crippen molar-refractivity contribution >= 4 is 22.0 Å². The monoisotopic (exact) mass is 426 g/mol. The summed E-state index contributed by atoms with van der Waals surface area (Å²) >= 11 is 0. The number of ether oxygens (including phenoxy) is 2. The molecule has 0 fully saturated rings. The molecule has 2 aromatic rings. The van der Waals surface area contributed by atoms with Gasteiger partial charge < -0.3 is 14.0 Å². The van der Waals surface area contributed by atoms with Gasteiger partial charge in [-0.1, -0.05) is 5.16 Å². The predicted octanol–water partition coefficient (Wildman–Crippen LogP) is -0.513. The Hall–Kier alpha value is -3.62. The maximum absolute atomic E-state index is 12.8. The quantitative estimate of drug-likeness (QED) is 0.635. The number of hydrazine groups is 1. The Bertz CT molecular complexity index is 1090. The number of aliphatic imine (C=N–C) groups is 1. The van der Waals surface area contributed by atoms with Gasteiger partial charge in [0.1, 0.15) is 6.67 Å². The van der Waals surface area contributed by atoms with Crippen LogP contribution in [-0.2, 0) is 26.5 Å². The Morgan fingerprint density at radius 3 is 2.69 bits per heavy atom. The average Bonchev–Trinajstić information content (AvgIpc) is 3.27. The summed E-state index contributed by atoms with van der Waals surface area (Å²) in [5, 5.41) is 8.48. The minimum Gasteiger partial charge on any atom is -0.481 e. The second kappa shape index (κ2) is 7.78. The summed E-state index contributed by atoms with van der Waals surface area (Å²) < 4.78 is 43.6. The summed E-state index contributed by atoms with van der Waals surface area (Å²) in [5.41, 5.74) is 2.41. The number of urea groups is 1. The van der Waals surface area contributed by atoms with Crippen molar-refractivity contribution in [3.05, 3.63) is 24.0 Å². The van der Waals surface area contributed by atoms with E-state index in [2.05, 4.69) is 25.7 Å². The first kappa shape index (κ1) is 20.1. The van der Waals surface area contributed by atoms with E-state index in [9.17, 15) is 13.2 Å². The molecule has 2 aromatic heterocycles. The first-order valence-corrected chi connectivity index (χ1v) is 9.51. The van der Waals surface area contributed by atoms with Gasteiger partial charge in [0.2, 0.25) is 23.5 Å². The second-order valence-corrected chi connectivity index (χ2v) is 7.22. The Labute approximate surface area is 165 Å². The van der Waals surface area contributed by atoms with Gasteiger partial charge in [-0.05, 0) is 0 Å². The number of carbonyl (C=O) groups excluding carboxylic acids is 1. The number of sulfonamides is 1. The number of nitrogens with one attached hydrogen (secondary N) is 2. The molecule has 0 atom stereocenters. The molecular formula is C14H18N8O6S. The number of methoxy groups -OCH3 is 2. The molecule has 2 N–H and O–H groups in total. The molecule has 1 aliphatic rings. The van der Waals surface area contributed by atoms with Crippen molar-refractivity contribution in [2.24, 2.45) is 12.0 Å². The lowest BCUT2D eigenvalue weighted by Crippen LogP contribution is -2.50. The fraction of sp³-hybridized carbons (Fsp3) is 0.357. The number of hydrogen-bond acceptors (Lipinski definition) is 11. The van der Waals surface area contributed by atoms with E-state index in [1.54, 1.807) is 6.92 Å². The predicted molar refractivity (Wildman–Crippen MR) is 96.3 cm³/mol. The van der Waals surface area contributed by atoms with E-state index >= 15 is 0 Å². The molecule has 15 heteroatoms. The van der Waals surface area contributed by atoms with Gasteiger partial charge in [-0.15, -0.1) is 0 Å². The lowest BCUT2D eigenvalue weighted by Gasteiger charge is -2.27. The van der Waals surface area contributed by atoms with Crippen LogP contribution in [0.2, 0.25) is 0 Å². The third-order valence-corrected chi connectivity index (χ3v) is 5.12. The highest BCUT2D eigenvalue weighted by Crippen LogP contribution is 2.24. The molecular weight excluding hydrogens is 408 g/mol. The lowest BCUT2D eigenvalue weighted by molar-refractivity contribution is 0.116. The maximum Gasteiger partial charge on any atom is 0.347 e. The van der Waals surface area contributed by atoms with Crippen LogP contribution in [-0.4, -0.2) is 66.2 Å². The van der Waals surface area contributed by atoms with E-state index in [1.807, 2.05) is 4.72 Å². The Morgan fingerprint density at radius 1 is 1.31 bits per heavy atom. The minimum absolute atomic E-state index is 0.0263. The summed E-state index contributed by atoms with van der Waals surface area (Å²) in [5.74, 6) is 0.770. The molecule has 1 aliphatic heterocycles. The van der Waals surface area contributed by atoms with Crippen LogP contribution in [0.3, 0.4) is 0 Å². The molecule has 0 spiro atoms. The highest BCUT2D eigenvalue weighted by molar-refractivity contribution is 7.90. The zero-order valence-corrected chi connectivity index (χ0v) is 16.7. The highest BCUT2D eigenvalue weighted by Gasteiger charge is 2.29. The number of aryl methyl sites for hydroxylation is 2. The minimum atomic E-state index is -4.34. The molecule has 0 aromatic carbocycles. The van der Waals surface area contributed by atoms with Gasteiger partial charge in [-0.25, -0.2) is 24.9 Å². The smallest absolute Gasteiger partial charge is 0.347 e. The molecule has 3 heterocycles. The summed E-state index contributed by atoms with van der Waals surface area (Å²) in [6.45, 7) is 1.51. The van der Waals surface area contributed by atoms with Gasteiger partial charge in [0.15, 0.2) is 5.03 Å². The Morgan fingerprint density at radius 2 is 2.07 bits per heavy atom. The van der Waals surface area contributed by atoms with Crippen molar-refractivity contribution in [2.75, 3.05) is 20.9 Å². The van der Waals surface area contributed by atoms with Crippen LogP contribution in [0.4, 0.5) is 4.79 Å². The van der Waals surface area contributed by atoms with Crippen LogP contribution in [0.15, 0.2) is 32.7 Å². The number of rotatable bonds is 5. The molecule has 14 nitrogen and oxygen atoms in total. The van der Waals surface area contributed by atoms with Crippen molar-refractivity contribution < 1.29 is 27.2 Å². The van der Waals surface area contributed by atoms with E-state index in [0.717, 1.165) is 4.68 Å². The summed E-state index contributed by atoms with van der Waals surface area (Å²) in [6.07, 6.45) is 2.68. The molecule has 0 bridgehead atoms. The normalized spacial score (nSPS) is 14.1. The van der Waals surface area contributed by atoms with Crippen LogP contribution in [0.25, 0.3) is 11.4 Å². The van der Waals surface area contributed by atoms with Crippen LogP contribution < -0.4 is 10.1 Å². The average molecular weight is 426 g/mol. The van der Waals surface area contributed by atoms with Gasteiger partial charge in [0, 0.05) is 14.0 Å². The number of aromatic nitrogens is 4. The summed E-state index contributed by atoms with van der Waals surface area (Å²) in [6, 6.07) is -1.04. The highest BCUT2D eigenvalue weighted by atomic mass is 32.2. The molecule has 2 amide bonds. The topological polar surface area (TPSA) is 166 Å². The lowest BCUT2D eigenvalue weighted by atomic mass is 10.3. The number of carbonyl (C=O) groups is 1. The molecule has 3 rings (SSSR count). The molecule has 0 saturated carbocycles. The third kappa shape index (κ3) is 4.13. The van der Waals surface area contributed by atoms with Crippen LogP contribution >= 0.6 is 0 Å². The number of amides is 2. The van der Waals surface area contributed by atoms with E-state index in [-0.39, 0.29) is 34.9 Å². The third-order valence-electron chi connectivity index (χ3n) is 3.67. The number of nitrogens with zero attached hydrogens (tertiary/aromatic N) is 6. The second-order valence-electron chi connectivity index (χ2n) is 5.63. The Kier molecular flexibility index (Phi) is 5.40. The Balaban J connectivity index is 1.79. The molecule has 156 valence electrons. The van der Waals surface area contributed by atoms with Crippen LogP contribution in [0.5, 0.6) is 0 Å². The zero-order valence-electron chi connectivity index (χ0n) is 15.9. The van der Waals surface area contributed by atoms with E-state index in [4.69, 9.17) is 14.0 Å². The SMILES string of the molecule is COC1=CC(OC)=NCN1NC(=O)NS(=O)(=O)c1c(-c2noc(C)n2)cnn1C. The van der Waals surface area contributed by atoms with E-state index in [0.29, 0.717) is 5.90 Å². The molecule has 29 heavy (non-hydrogen) atoms. The van der Waals surface area contributed by atoms with Gasteiger partial charge in [-0.3, -0.25) is 4.68 Å². The van der Waals surface area contributed by atoms with Crippen molar-refractivity contribution in [3.63, 3.8) is 0 Å². The maximum atomic E-state index is 12.8. The fourth-order valence-electron chi connectivity index (χ4n) is 2.45.